The van der Waals surface area contributed by atoms with Gasteiger partial charge in [0.2, 0.25) is 10.0 Å². The van der Waals surface area contributed by atoms with E-state index in [1.54, 1.807) is 38.3 Å². The third-order valence-corrected chi connectivity index (χ3v) is 6.12. The number of aryl methyl sites for hydroxylation is 2. The van der Waals surface area contributed by atoms with Crippen molar-refractivity contribution in [1.82, 2.24) is 4.31 Å². The molecule has 6 heteroatoms. The van der Waals surface area contributed by atoms with Gasteiger partial charge in [-0.1, -0.05) is 12.1 Å². The Hall–Kier alpha value is -1.92. The van der Waals surface area contributed by atoms with Crippen molar-refractivity contribution in [3.8, 4) is 5.75 Å². The van der Waals surface area contributed by atoms with Gasteiger partial charge in [-0.2, -0.15) is 4.31 Å². The van der Waals surface area contributed by atoms with E-state index in [4.69, 9.17) is 4.74 Å². The predicted octanol–water partition coefficient (Wildman–Crippen LogP) is 3.83. The molecular weight excluding hydrogens is 329 g/mol. The molecule has 130 valence electrons. The number of hydrogen-bond donors (Lipinski definition) is 0. The first kappa shape index (κ1) is 18.4. The summed E-state index contributed by atoms with van der Waals surface area (Å²) in [6.45, 7) is 5.40. The highest BCUT2D eigenvalue weighted by atomic mass is 32.2. The number of nitrogens with zero attached hydrogens (tertiary/aromatic N) is 1. The summed E-state index contributed by atoms with van der Waals surface area (Å²) in [5, 5.41) is 0. The van der Waals surface area contributed by atoms with E-state index in [2.05, 4.69) is 0 Å². The molecule has 2 aromatic rings. The van der Waals surface area contributed by atoms with Crippen molar-refractivity contribution >= 4 is 10.0 Å². The van der Waals surface area contributed by atoms with Crippen LogP contribution in [0.1, 0.15) is 29.7 Å². The van der Waals surface area contributed by atoms with Crippen LogP contribution in [-0.2, 0) is 10.0 Å². The Labute approximate surface area is 142 Å². The normalized spacial score (nSPS) is 13.1. The Bertz CT molecular complexity index is 809. The molecule has 0 spiro atoms. The summed E-state index contributed by atoms with van der Waals surface area (Å²) < 4.78 is 45.5. The zero-order valence-corrected chi connectivity index (χ0v) is 15.3. The molecule has 0 saturated heterocycles. The van der Waals surface area contributed by atoms with Gasteiger partial charge in [0.25, 0.3) is 0 Å². The maximum absolute atomic E-state index is 13.1. The molecule has 2 rings (SSSR count). The largest absolute Gasteiger partial charge is 0.496 e. The minimum atomic E-state index is -3.68. The molecular formula is C18H22FNO3S. The van der Waals surface area contributed by atoms with Gasteiger partial charge < -0.3 is 4.74 Å². The fourth-order valence-corrected chi connectivity index (χ4v) is 4.23. The van der Waals surface area contributed by atoms with Gasteiger partial charge in [-0.25, -0.2) is 12.8 Å². The lowest BCUT2D eigenvalue weighted by molar-refractivity contribution is 0.396. The maximum atomic E-state index is 13.1. The van der Waals surface area contributed by atoms with Crippen LogP contribution in [0.2, 0.25) is 0 Å². The van der Waals surface area contributed by atoms with Gasteiger partial charge in [0.1, 0.15) is 11.6 Å². The second-order valence-electron chi connectivity index (χ2n) is 5.84. The molecule has 0 aliphatic heterocycles. The van der Waals surface area contributed by atoms with E-state index >= 15 is 0 Å². The van der Waals surface area contributed by atoms with Crippen molar-refractivity contribution in [2.45, 2.75) is 31.7 Å². The van der Waals surface area contributed by atoms with Gasteiger partial charge in [0, 0.05) is 13.1 Å². The molecule has 0 aliphatic carbocycles. The average molecular weight is 351 g/mol. The Morgan fingerprint density at radius 2 is 1.58 bits per heavy atom. The summed E-state index contributed by atoms with van der Waals surface area (Å²) in [6, 6.07) is 8.64. The first-order valence-corrected chi connectivity index (χ1v) is 9.01. The van der Waals surface area contributed by atoms with Crippen LogP contribution in [0, 0.1) is 19.7 Å². The van der Waals surface area contributed by atoms with E-state index in [1.807, 2.05) is 13.8 Å². The van der Waals surface area contributed by atoms with E-state index < -0.39 is 16.1 Å². The molecule has 0 saturated carbocycles. The third kappa shape index (κ3) is 3.44. The lowest BCUT2D eigenvalue weighted by atomic mass is 10.1. The molecule has 1 atom stereocenters. The van der Waals surface area contributed by atoms with Crippen LogP contribution in [0.5, 0.6) is 5.75 Å². The summed E-state index contributed by atoms with van der Waals surface area (Å²) >= 11 is 0. The second-order valence-corrected chi connectivity index (χ2v) is 7.84. The smallest absolute Gasteiger partial charge is 0.243 e. The van der Waals surface area contributed by atoms with Crippen LogP contribution < -0.4 is 4.74 Å². The number of halogens is 1. The summed E-state index contributed by atoms with van der Waals surface area (Å²) in [5.74, 6) is 0.334. The van der Waals surface area contributed by atoms with Crippen LogP contribution in [0.15, 0.2) is 41.3 Å². The summed E-state index contributed by atoms with van der Waals surface area (Å²) in [6.07, 6.45) is 0. The van der Waals surface area contributed by atoms with Crippen LogP contribution in [-0.4, -0.2) is 26.9 Å². The van der Waals surface area contributed by atoms with Crippen LogP contribution >= 0.6 is 0 Å². The van der Waals surface area contributed by atoms with E-state index in [9.17, 15) is 12.8 Å². The van der Waals surface area contributed by atoms with Crippen molar-refractivity contribution in [1.29, 1.82) is 0 Å². The van der Waals surface area contributed by atoms with E-state index in [0.717, 1.165) is 16.7 Å². The Morgan fingerprint density at radius 3 is 2.04 bits per heavy atom. The van der Waals surface area contributed by atoms with Crippen molar-refractivity contribution in [3.05, 3.63) is 58.9 Å². The monoisotopic (exact) mass is 351 g/mol. The Balaban J connectivity index is 2.40. The van der Waals surface area contributed by atoms with E-state index in [-0.39, 0.29) is 10.7 Å². The second kappa shape index (κ2) is 6.91. The average Bonchev–Trinajstić information content (AvgIpc) is 2.53. The van der Waals surface area contributed by atoms with Gasteiger partial charge in [-0.15, -0.1) is 0 Å². The zero-order chi connectivity index (χ0) is 18.1. The lowest BCUT2D eigenvalue weighted by Gasteiger charge is -2.25. The van der Waals surface area contributed by atoms with Gasteiger partial charge in [-0.05, 0) is 61.7 Å². The van der Waals surface area contributed by atoms with Crippen molar-refractivity contribution in [3.63, 3.8) is 0 Å². The standard InChI is InChI=1S/C18H22FNO3S/c1-12-10-17(11-13(2)18(12)23-5)24(21,22)20(4)14(3)15-6-8-16(19)9-7-15/h6-11,14H,1-5H3. The highest BCUT2D eigenvalue weighted by Gasteiger charge is 2.27. The zero-order valence-electron chi connectivity index (χ0n) is 14.5. The van der Waals surface area contributed by atoms with Crippen molar-refractivity contribution in [2.24, 2.45) is 0 Å². The number of ether oxygens (including phenoxy) is 1. The molecule has 0 heterocycles. The van der Waals surface area contributed by atoms with Gasteiger partial charge in [0.05, 0.1) is 12.0 Å². The first-order chi connectivity index (χ1) is 11.2. The Kier molecular flexibility index (Phi) is 5.30. The molecule has 4 nitrogen and oxygen atoms in total. The van der Waals surface area contributed by atoms with Gasteiger partial charge in [0.15, 0.2) is 0 Å². The fourth-order valence-electron chi connectivity index (χ4n) is 2.71. The fraction of sp³-hybridized carbons (Fsp3) is 0.333. The maximum Gasteiger partial charge on any atom is 0.243 e. The molecule has 0 bridgehead atoms. The molecule has 0 amide bonds. The number of hydrogen-bond acceptors (Lipinski definition) is 3. The number of benzene rings is 2. The number of methoxy groups -OCH3 is 1. The topological polar surface area (TPSA) is 46.6 Å². The van der Waals surface area contributed by atoms with E-state index in [1.165, 1.54) is 23.5 Å². The third-order valence-electron chi connectivity index (χ3n) is 4.21. The molecule has 1 unspecified atom stereocenters. The molecule has 0 aromatic heterocycles. The minimum Gasteiger partial charge on any atom is -0.496 e. The van der Waals surface area contributed by atoms with Gasteiger partial charge >= 0.3 is 0 Å². The lowest BCUT2D eigenvalue weighted by Crippen LogP contribution is -2.30. The predicted molar refractivity (Wildman–Crippen MR) is 92.2 cm³/mol. The van der Waals surface area contributed by atoms with Gasteiger partial charge in [-0.3, -0.25) is 0 Å². The first-order valence-electron chi connectivity index (χ1n) is 7.57. The van der Waals surface area contributed by atoms with Crippen molar-refractivity contribution in [2.75, 3.05) is 14.2 Å². The highest BCUT2D eigenvalue weighted by Crippen LogP contribution is 2.30. The van der Waals surface area contributed by atoms with Crippen LogP contribution in [0.25, 0.3) is 0 Å². The molecule has 0 fully saturated rings. The van der Waals surface area contributed by atoms with E-state index in [0.29, 0.717) is 5.75 Å². The Morgan fingerprint density at radius 1 is 1.08 bits per heavy atom. The molecule has 0 radical (unpaired) electrons. The summed E-state index contributed by atoms with van der Waals surface area (Å²) in [7, 11) is -0.595. The molecule has 0 aliphatic rings. The number of sulfonamides is 1. The number of rotatable bonds is 5. The molecule has 24 heavy (non-hydrogen) atoms. The van der Waals surface area contributed by atoms with Crippen molar-refractivity contribution < 1.29 is 17.5 Å². The minimum absolute atomic E-state index is 0.217. The molecule has 0 N–H and O–H groups in total. The SMILES string of the molecule is COc1c(C)cc(S(=O)(=O)N(C)C(C)c2ccc(F)cc2)cc1C. The quantitative estimate of drug-likeness (QED) is 0.822. The molecule has 2 aromatic carbocycles. The van der Waals surface area contributed by atoms with Crippen LogP contribution in [0.4, 0.5) is 4.39 Å². The highest BCUT2D eigenvalue weighted by molar-refractivity contribution is 7.89. The summed E-state index contributed by atoms with van der Waals surface area (Å²) in [4.78, 5) is 0.217. The summed E-state index contributed by atoms with van der Waals surface area (Å²) in [5.41, 5.74) is 2.25. The van der Waals surface area contributed by atoms with Crippen LogP contribution in [0.3, 0.4) is 0 Å².